The molecule has 0 amide bonds. The third-order valence-corrected chi connectivity index (χ3v) is 1.59. The zero-order valence-corrected chi connectivity index (χ0v) is 6.75. The Morgan fingerprint density at radius 1 is 1.50 bits per heavy atom. The van der Waals surface area contributed by atoms with Crippen LogP contribution in [-0.2, 0) is 9.59 Å². The molecule has 0 spiro atoms. The minimum absolute atomic E-state index is 0.410. The molecule has 0 rings (SSSR count). The number of ketones is 1. The van der Waals surface area contributed by atoms with Crippen LogP contribution < -0.4 is 0 Å². The van der Waals surface area contributed by atoms with Gasteiger partial charge in [0, 0.05) is 6.92 Å². The molecule has 0 fully saturated rings. The van der Waals surface area contributed by atoms with Gasteiger partial charge in [0.25, 0.3) is 0 Å². The third-order valence-electron chi connectivity index (χ3n) is 0.832. The molecule has 3 nitrogen and oxygen atoms in total. The fraction of sp³-hybridized carbons (Fsp3) is 0.500. The van der Waals surface area contributed by atoms with Crippen molar-refractivity contribution >= 4 is 28.4 Å². The molecule has 56 valence electrons. The second kappa shape index (κ2) is 4.22. The molecule has 0 unspecified atom stereocenters. The van der Waals surface area contributed by atoms with Crippen LogP contribution in [0.3, 0.4) is 0 Å². The molecule has 0 aromatic rings. The topological polar surface area (TPSA) is 58.0 Å². The van der Waals surface area contributed by atoms with Crippen molar-refractivity contribution in [3.8, 4) is 0 Å². The zero-order chi connectivity index (χ0) is 8.15. The summed E-state index contributed by atoms with van der Waals surface area (Å²) in [5, 5.41) is 6.50. The first kappa shape index (κ1) is 9.36. The van der Waals surface area contributed by atoms with Gasteiger partial charge in [0.2, 0.25) is 5.12 Å². The summed E-state index contributed by atoms with van der Waals surface area (Å²) in [4.78, 5) is 21.1. The predicted molar refractivity (Wildman–Crippen MR) is 41.5 cm³/mol. The highest BCUT2D eigenvalue weighted by Gasteiger charge is 2.12. The fourth-order valence-electron chi connectivity index (χ4n) is 0.347. The van der Waals surface area contributed by atoms with Crippen LogP contribution in [0.25, 0.3) is 0 Å². The van der Waals surface area contributed by atoms with Crippen molar-refractivity contribution in [3.63, 3.8) is 0 Å². The van der Waals surface area contributed by atoms with Crippen molar-refractivity contribution in [2.45, 2.75) is 13.8 Å². The molecular formula is C6H9NO2S. The van der Waals surface area contributed by atoms with Crippen LogP contribution in [0.5, 0.6) is 0 Å². The highest BCUT2D eigenvalue weighted by Crippen LogP contribution is 2.01. The number of hydrogen-bond donors (Lipinski definition) is 1. The van der Waals surface area contributed by atoms with Crippen LogP contribution in [0.2, 0.25) is 0 Å². The number of nitrogens with one attached hydrogen (secondary N) is 1. The van der Waals surface area contributed by atoms with Crippen LogP contribution in [0, 0.1) is 5.41 Å². The molecule has 4 heteroatoms. The summed E-state index contributed by atoms with van der Waals surface area (Å²) in [6.07, 6.45) is 0. The van der Waals surface area contributed by atoms with Gasteiger partial charge in [-0.2, -0.15) is 0 Å². The van der Waals surface area contributed by atoms with Gasteiger partial charge in [0.05, 0.1) is 0 Å². The Labute approximate surface area is 63.7 Å². The van der Waals surface area contributed by atoms with Crippen LogP contribution in [0.15, 0.2) is 0 Å². The molecule has 0 aromatic heterocycles. The first-order chi connectivity index (χ1) is 4.59. The second-order valence-corrected chi connectivity index (χ2v) is 2.89. The van der Waals surface area contributed by atoms with Crippen molar-refractivity contribution in [1.82, 2.24) is 0 Å². The zero-order valence-electron chi connectivity index (χ0n) is 5.93. The normalized spacial score (nSPS) is 9.00. The van der Waals surface area contributed by atoms with E-state index in [1.54, 1.807) is 6.92 Å². The largest absolute Gasteiger partial charge is 0.293 e. The molecule has 0 heterocycles. The fourth-order valence-corrected chi connectivity index (χ4v) is 0.897. The Kier molecular flexibility index (Phi) is 3.95. The van der Waals surface area contributed by atoms with Crippen LogP contribution >= 0.6 is 11.8 Å². The molecule has 0 aliphatic rings. The summed E-state index contributed by atoms with van der Waals surface area (Å²) in [6.45, 7) is 3.02. The summed E-state index contributed by atoms with van der Waals surface area (Å²) >= 11 is 0.983. The Morgan fingerprint density at radius 3 is 2.30 bits per heavy atom. The van der Waals surface area contributed by atoms with Gasteiger partial charge in [0.1, 0.15) is 0 Å². The van der Waals surface area contributed by atoms with Gasteiger partial charge in [-0.05, 0) is 5.75 Å². The van der Waals surface area contributed by atoms with Crippen LogP contribution in [-0.4, -0.2) is 22.4 Å². The van der Waals surface area contributed by atoms with E-state index in [2.05, 4.69) is 0 Å². The average Bonchev–Trinajstić information content (AvgIpc) is 1.87. The maximum atomic E-state index is 10.7. The van der Waals surface area contributed by atoms with Gasteiger partial charge in [-0.25, -0.2) is 0 Å². The van der Waals surface area contributed by atoms with E-state index < -0.39 is 16.6 Å². The first-order valence-corrected chi connectivity index (χ1v) is 3.84. The van der Waals surface area contributed by atoms with Crippen LogP contribution in [0.1, 0.15) is 13.8 Å². The minimum atomic E-state index is -0.467. The van der Waals surface area contributed by atoms with Gasteiger partial charge in [0.15, 0.2) is 11.5 Å². The molecule has 0 aromatic carbocycles. The van der Waals surface area contributed by atoms with Crippen molar-refractivity contribution in [2.75, 3.05) is 5.75 Å². The van der Waals surface area contributed by atoms with Gasteiger partial charge in [-0.15, -0.1) is 0 Å². The lowest BCUT2D eigenvalue weighted by atomic mass is 10.3. The van der Waals surface area contributed by atoms with Crippen molar-refractivity contribution in [3.05, 3.63) is 0 Å². The van der Waals surface area contributed by atoms with E-state index in [4.69, 9.17) is 5.41 Å². The maximum absolute atomic E-state index is 10.7. The highest BCUT2D eigenvalue weighted by atomic mass is 32.2. The Hall–Kier alpha value is -0.640. The average molecular weight is 159 g/mol. The lowest BCUT2D eigenvalue weighted by molar-refractivity contribution is -0.112. The third kappa shape index (κ3) is 2.77. The van der Waals surface area contributed by atoms with Gasteiger partial charge in [-0.1, -0.05) is 18.7 Å². The van der Waals surface area contributed by atoms with E-state index in [9.17, 15) is 9.59 Å². The minimum Gasteiger partial charge on any atom is -0.293 e. The summed E-state index contributed by atoms with van der Waals surface area (Å²) in [5.41, 5.74) is -0.410. The predicted octanol–water partition coefficient (Wildman–Crippen LogP) is 0.875. The van der Waals surface area contributed by atoms with Gasteiger partial charge in [-0.3, -0.25) is 15.0 Å². The molecular weight excluding hydrogens is 150 g/mol. The molecule has 0 bridgehead atoms. The second-order valence-electron chi connectivity index (χ2n) is 1.65. The molecule has 1 N–H and O–H groups in total. The molecule has 0 saturated carbocycles. The summed E-state index contributed by atoms with van der Waals surface area (Å²) in [6, 6.07) is 0. The maximum Gasteiger partial charge on any atom is 0.240 e. The van der Waals surface area contributed by atoms with Gasteiger partial charge < -0.3 is 0 Å². The van der Waals surface area contributed by atoms with E-state index >= 15 is 0 Å². The Morgan fingerprint density at radius 2 is 2.00 bits per heavy atom. The number of Topliss-reactive ketones (excluding diaryl/α,β-unsaturated/α-hetero) is 1. The molecule has 0 atom stereocenters. The smallest absolute Gasteiger partial charge is 0.240 e. The number of carbonyl (C=O) groups excluding carboxylic acids is 2. The number of carbonyl (C=O) groups is 2. The molecule has 0 aliphatic carbocycles. The van der Waals surface area contributed by atoms with Crippen LogP contribution in [0.4, 0.5) is 0 Å². The first-order valence-electron chi connectivity index (χ1n) is 2.86. The number of thioether (sulfide) groups is 1. The molecule has 0 aliphatic heterocycles. The van der Waals surface area contributed by atoms with Crippen molar-refractivity contribution < 1.29 is 9.59 Å². The molecule has 0 saturated heterocycles. The highest BCUT2D eigenvalue weighted by molar-refractivity contribution is 8.15. The standard InChI is InChI=1S/C6H9NO2S/c1-3-10-6(9)5(7)4(2)8/h7H,3H2,1-2H3. The SMILES string of the molecule is CCSC(=O)C(=N)C(C)=O. The molecule has 0 radical (unpaired) electrons. The quantitative estimate of drug-likeness (QED) is 0.491. The van der Waals surface area contributed by atoms with Crippen molar-refractivity contribution in [1.29, 1.82) is 5.41 Å². The summed E-state index contributed by atoms with van der Waals surface area (Å²) < 4.78 is 0. The van der Waals surface area contributed by atoms with Crippen molar-refractivity contribution in [2.24, 2.45) is 0 Å². The summed E-state index contributed by atoms with van der Waals surface area (Å²) in [7, 11) is 0. The monoisotopic (exact) mass is 159 g/mol. The van der Waals surface area contributed by atoms with E-state index in [-0.39, 0.29) is 0 Å². The Bertz CT molecular complexity index is 177. The lowest BCUT2D eigenvalue weighted by Gasteiger charge is -1.93. The van der Waals surface area contributed by atoms with Gasteiger partial charge >= 0.3 is 0 Å². The number of rotatable bonds is 3. The Balaban J connectivity index is 3.96. The number of hydrogen-bond acceptors (Lipinski definition) is 4. The van der Waals surface area contributed by atoms with E-state index in [1.807, 2.05) is 0 Å². The van der Waals surface area contributed by atoms with E-state index in [1.165, 1.54) is 6.92 Å². The summed E-state index contributed by atoms with van der Waals surface area (Å²) in [5.74, 6) is 0.139. The van der Waals surface area contributed by atoms with E-state index in [0.717, 1.165) is 11.8 Å². The lowest BCUT2D eigenvalue weighted by Crippen LogP contribution is -2.17. The molecule has 10 heavy (non-hydrogen) atoms. The van der Waals surface area contributed by atoms with E-state index in [0.29, 0.717) is 5.75 Å².